The van der Waals surface area contributed by atoms with Crippen LogP contribution in [0.1, 0.15) is 12.8 Å². The third kappa shape index (κ3) is 3.77. The van der Waals surface area contributed by atoms with Crippen molar-refractivity contribution in [3.8, 4) is 0 Å². The van der Waals surface area contributed by atoms with E-state index in [1.807, 2.05) is 33.7 Å². The average Bonchev–Trinajstić information content (AvgIpc) is 3.08. The van der Waals surface area contributed by atoms with E-state index in [0.29, 0.717) is 18.8 Å². The van der Waals surface area contributed by atoms with E-state index in [0.717, 1.165) is 36.0 Å². The van der Waals surface area contributed by atoms with Gasteiger partial charge in [0.15, 0.2) is 11.6 Å². The fourth-order valence-electron chi connectivity index (χ4n) is 3.53. The number of carbonyl (C=O) groups is 1. The van der Waals surface area contributed by atoms with Crippen LogP contribution >= 0.6 is 0 Å². The molecule has 27 heavy (non-hydrogen) atoms. The molecule has 140 valence electrons. The molecule has 4 rings (SSSR count). The number of piperidine rings is 1. The molecule has 0 bridgehead atoms. The molecule has 1 N–H and O–H groups in total. The number of nitrogens with one attached hydrogen (secondary N) is 1. The molecular weight excluding hydrogens is 350 g/mol. The second kappa shape index (κ2) is 7.34. The van der Waals surface area contributed by atoms with Crippen molar-refractivity contribution in [2.45, 2.75) is 25.4 Å². The number of likely N-dealkylation sites (tertiary alicyclic amines) is 1. The number of anilines is 1. The molecule has 0 spiro atoms. The Labute approximate surface area is 155 Å². The summed E-state index contributed by atoms with van der Waals surface area (Å²) in [7, 11) is 0. The van der Waals surface area contributed by atoms with Gasteiger partial charge in [0.2, 0.25) is 5.91 Å². The standard InChI is InChI=1S/C20H20F2N4O/c21-16-8-7-14(10-17(16)22)24-15-4-3-9-25(11-15)20(27)12-26-13-23-18-5-1-2-6-19(18)26/h1-2,5-8,10,13,15,24H,3-4,9,11-12H2. The first kappa shape index (κ1) is 17.5. The zero-order chi connectivity index (χ0) is 18.8. The number of nitrogens with zero attached hydrogens (tertiary/aromatic N) is 3. The van der Waals surface area contributed by atoms with Crippen molar-refractivity contribution >= 4 is 22.6 Å². The summed E-state index contributed by atoms with van der Waals surface area (Å²) in [5, 5.41) is 3.20. The highest BCUT2D eigenvalue weighted by Gasteiger charge is 2.24. The van der Waals surface area contributed by atoms with Gasteiger partial charge in [-0.15, -0.1) is 0 Å². The summed E-state index contributed by atoms with van der Waals surface area (Å²) < 4.78 is 28.3. The largest absolute Gasteiger partial charge is 0.380 e. The van der Waals surface area contributed by atoms with E-state index in [9.17, 15) is 13.6 Å². The molecule has 1 saturated heterocycles. The van der Waals surface area contributed by atoms with Crippen LogP contribution in [-0.4, -0.2) is 39.5 Å². The SMILES string of the molecule is O=C(Cn1cnc2ccccc21)N1CCCC(Nc2ccc(F)c(F)c2)C1. The second-order valence-electron chi connectivity index (χ2n) is 6.81. The van der Waals surface area contributed by atoms with Crippen LogP contribution in [-0.2, 0) is 11.3 Å². The lowest BCUT2D eigenvalue weighted by atomic mass is 10.1. The number of para-hydroxylation sites is 2. The molecule has 1 aromatic heterocycles. The van der Waals surface area contributed by atoms with Gasteiger partial charge in [-0.25, -0.2) is 13.8 Å². The van der Waals surface area contributed by atoms with Crippen LogP contribution < -0.4 is 5.32 Å². The van der Waals surface area contributed by atoms with Gasteiger partial charge in [-0.1, -0.05) is 12.1 Å². The lowest BCUT2D eigenvalue weighted by Crippen LogP contribution is -2.46. The van der Waals surface area contributed by atoms with Crippen molar-refractivity contribution in [3.63, 3.8) is 0 Å². The molecular formula is C20H20F2N4O. The number of aromatic nitrogens is 2. The quantitative estimate of drug-likeness (QED) is 0.766. The van der Waals surface area contributed by atoms with Crippen LogP contribution in [0.4, 0.5) is 14.5 Å². The Bertz CT molecular complexity index is 972. The fraction of sp³-hybridized carbons (Fsp3) is 0.300. The number of hydrogen-bond acceptors (Lipinski definition) is 3. The Morgan fingerprint density at radius 1 is 1.19 bits per heavy atom. The van der Waals surface area contributed by atoms with Gasteiger partial charge in [-0.3, -0.25) is 4.79 Å². The molecule has 1 amide bonds. The molecule has 1 fully saturated rings. The molecule has 1 atom stereocenters. The molecule has 0 aliphatic carbocycles. The lowest BCUT2D eigenvalue weighted by molar-refractivity contribution is -0.132. The second-order valence-corrected chi connectivity index (χ2v) is 6.81. The number of benzene rings is 2. The maximum atomic E-state index is 13.4. The maximum absolute atomic E-state index is 13.4. The lowest BCUT2D eigenvalue weighted by Gasteiger charge is -2.34. The van der Waals surface area contributed by atoms with E-state index >= 15 is 0 Å². The first-order valence-corrected chi connectivity index (χ1v) is 8.99. The van der Waals surface area contributed by atoms with Crippen molar-refractivity contribution in [2.75, 3.05) is 18.4 Å². The van der Waals surface area contributed by atoms with E-state index in [2.05, 4.69) is 10.3 Å². The topological polar surface area (TPSA) is 50.2 Å². The normalized spacial score (nSPS) is 17.3. The van der Waals surface area contributed by atoms with Crippen LogP contribution in [0.15, 0.2) is 48.8 Å². The predicted octanol–water partition coefficient (Wildman–Crippen LogP) is 3.42. The van der Waals surface area contributed by atoms with Gasteiger partial charge >= 0.3 is 0 Å². The summed E-state index contributed by atoms with van der Waals surface area (Å²) in [6, 6.07) is 11.5. The molecule has 3 aromatic rings. The maximum Gasteiger partial charge on any atom is 0.242 e. The number of halogens is 2. The number of amides is 1. The van der Waals surface area contributed by atoms with E-state index in [1.165, 1.54) is 6.07 Å². The number of imidazole rings is 1. The van der Waals surface area contributed by atoms with Gasteiger partial charge < -0.3 is 14.8 Å². The highest BCUT2D eigenvalue weighted by atomic mass is 19.2. The van der Waals surface area contributed by atoms with Gasteiger partial charge in [-0.05, 0) is 37.1 Å². The summed E-state index contributed by atoms with van der Waals surface area (Å²) in [5.41, 5.74) is 2.31. The summed E-state index contributed by atoms with van der Waals surface area (Å²) in [6.07, 6.45) is 3.41. The summed E-state index contributed by atoms with van der Waals surface area (Å²) in [4.78, 5) is 18.9. The first-order chi connectivity index (χ1) is 13.1. The highest BCUT2D eigenvalue weighted by Crippen LogP contribution is 2.19. The van der Waals surface area contributed by atoms with E-state index in [-0.39, 0.29) is 18.5 Å². The van der Waals surface area contributed by atoms with Gasteiger partial charge in [-0.2, -0.15) is 0 Å². The van der Waals surface area contributed by atoms with Crippen molar-refractivity contribution in [2.24, 2.45) is 0 Å². The molecule has 2 aromatic carbocycles. The molecule has 2 heterocycles. The summed E-state index contributed by atoms with van der Waals surface area (Å²) in [5.74, 6) is -1.72. The van der Waals surface area contributed by atoms with E-state index < -0.39 is 11.6 Å². The van der Waals surface area contributed by atoms with Gasteiger partial charge in [0.05, 0.1) is 17.4 Å². The average molecular weight is 370 g/mol. The first-order valence-electron chi connectivity index (χ1n) is 8.99. The molecule has 0 saturated carbocycles. The summed E-state index contributed by atoms with van der Waals surface area (Å²) >= 11 is 0. The molecule has 7 heteroatoms. The summed E-state index contributed by atoms with van der Waals surface area (Å²) in [6.45, 7) is 1.46. The predicted molar refractivity (Wildman–Crippen MR) is 99.3 cm³/mol. The van der Waals surface area contributed by atoms with Crippen LogP contribution in [0, 0.1) is 11.6 Å². The van der Waals surface area contributed by atoms with Crippen molar-refractivity contribution < 1.29 is 13.6 Å². The molecule has 1 aliphatic heterocycles. The minimum Gasteiger partial charge on any atom is -0.380 e. The number of rotatable bonds is 4. The van der Waals surface area contributed by atoms with Crippen LogP contribution in [0.25, 0.3) is 11.0 Å². The van der Waals surface area contributed by atoms with Gasteiger partial charge in [0.1, 0.15) is 6.54 Å². The number of carbonyl (C=O) groups excluding carboxylic acids is 1. The Balaban J connectivity index is 1.41. The zero-order valence-corrected chi connectivity index (χ0v) is 14.7. The van der Waals surface area contributed by atoms with Crippen LogP contribution in [0.2, 0.25) is 0 Å². The smallest absolute Gasteiger partial charge is 0.242 e. The number of fused-ring (bicyclic) bond motifs is 1. The Kier molecular flexibility index (Phi) is 4.75. The van der Waals surface area contributed by atoms with Crippen molar-refractivity contribution in [1.82, 2.24) is 14.5 Å². The Morgan fingerprint density at radius 3 is 2.89 bits per heavy atom. The Morgan fingerprint density at radius 2 is 2.04 bits per heavy atom. The molecule has 1 unspecified atom stereocenters. The highest BCUT2D eigenvalue weighted by molar-refractivity contribution is 5.80. The fourth-order valence-corrected chi connectivity index (χ4v) is 3.53. The van der Waals surface area contributed by atoms with E-state index in [4.69, 9.17) is 0 Å². The van der Waals surface area contributed by atoms with Crippen LogP contribution in [0.5, 0.6) is 0 Å². The van der Waals surface area contributed by atoms with Crippen molar-refractivity contribution in [1.29, 1.82) is 0 Å². The third-order valence-corrected chi connectivity index (χ3v) is 4.90. The molecule has 5 nitrogen and oxygen atoms in total. The monoisotopic (exact) mass is 370 g/mol. The zero-order valence-electron chi connectivity index (χ0n) is 14.7. The minimum absolute atomic E-state index is 0.00657. The van der Waals surface area contributed by atoms with Crippen LogP contribution in [0.3, 0.4) is 0 Å². The minimum atomic E-state index is -0.879. The van der Waals surface area contributed by atoms with Gasteiger partial charge in [0, 0.05) is 30.9 Å². The van der Waals surface area contributed by atoms with Crippen molar-refractivity contribution in [3.05, 3.63) is 60.4 Å². The van der Waals surface area contributed by atoms with E-state index in [1.54, 1.807) is 6.33 Å². The molecule has 0 radical (unpaired) electrons. The van der Waals surface area contributed by atoms with Gasteiger partial charge in [0.25, 0.3) is 0 Å². The third-order valence-electron chi connectivity index (χ3n) is 4.90. The Hall–Kier alpha value is -2.96. The molecule has 1 aliphatic rings. The number of hydrogen-bond donors (Lipinski definition) is 1.